The van der Waals surface area contributed by atoms with Crippen LogP contribution in [0.15, 0.2) is 36.5 Å². The molecular formula is C22H26FN7O2. The molecule has 0 spiro atoms. The van der Waals surface area contributed by atoms with Crippen LogP contribution in [0.5, 0.6) is 17.6 Å². The summed E-state index contributed by atoms with van der Waals surface area (Å²) in [4.78, 5) is 6.88. The monoisotopic (exact) mass is 439 g/mol. The Hall–Kier alpha value is -3.43. The molecule has 1 saturated carbocycles. The number of fused-ring (bicyclic) bond motifs is 2. The topological polar surface area (TPSA) is 90.2 Å². The first-order valence-corrected chi connectivity index (χ1v) is 10.8. The number of hydrogen-bond donors (Lipinski definition) is 1. The number of ether oxygens (including phenoxy) is 2. The highest BCUT2D eigenvalue weighted by Crippen LogP contribution is 2.43. The molecule has 3 aromatic rings. The first kappa shape index (κ1) is 20.5. The van der Waals surface area contributed by atoms with E-state index in [1.54, 1.807) is 30.1 Å². The fourth-order valence-corrected chi connectivity index (χ4v) is 4.51. The first-order valence-electron chi connectivity index (χ1n) is 10.8. The van der Waals surface area contributed by atoms with Gasteiger partial charge in [-0.2, -0.15) is 10.1 Å². The van der Waals surface area contributed by atoms with E-state index in [4.69, 9.17) is 9.47 Å². The first-order chi connectivity index (χ1) is 15.5. The van der Waals surface area contributed by atoms with Crippen molar-refractivity contribution in [3.8, 4) is 17.6 Å². The molecule has 6 rings (SSSR count). The Morgan fingerprint density at radius 2 is 2.00 bits per heavy atom. The molecule has 2 aliphatic heterocycles. The van der Waals surface area contributed by atoms with Gasteiger partial charge in [0.2, 0.25) is 11.8 Å². The molecule has 2 unspecified atom stereocenters. The minimum atomic E-state index is -0.356. The molecule has 168 valence electrons. The summed E-state index contributed by atoms with van der Waals surface area (Å²) in [6, 6.07) is 8.62. The van der Waals surface area contributed by atoms with E-state index in [2.05, 4.69) is 30.5 Å². The lowest BCUT2D eigenvalue weighted by Gasteiger charge is -2.54. The molecule has 1 aromatic carbocycles. The number of nitrogens with zero attached hydrogens (tertiary/aromatic N) is 6. The predicted octanol–water partition coefficient (Wildman–Crippen LogP) is 3.53. The molecule has 0 radical (unpaired) electrons. The number of anilines is 2. The van der Waals surface area contributed by atoms with E-state index in [1.165, 1.54) is 18.6 Å². The summed E-state index contributed by atoms with van der Waals surface area (Å²) in [5.74, 6) is 2.04. The summed E-state index contributed by atoms with van der Waals surface area (Å²) in [6.07, 6.45) is 2.94. The Morgan fingerprint density at radius 1 is 1.19 bits per heavy atom. The molecule has 2 bridgehead atoms. The maximum atomic E-state index is 13.5. The van der Waals surface area contributed by atoms with E-state index in [0.29, 0.717) is 41.5 Å². The molecule has 10 heteroatoms. The SMILES string of the molecule is COc1cc(N2CC3C[C@@H](C2)C3Nc2nc(Oc3cccc(F)c3)n(C(C)C)n2)cnn1. The minimum Gasteiger partial charge on any atom is -0.480 e. The number of nitrogens with one attached hydrogen (secondary N) is 1. The zero-order chi connectivity index (χ0) is 22.2. The van der Waals surface area contributed by atoms with Crippen LogP contribution < -0.4 is 19.7 Å². The molecule has 0 amide bonds. The van der Waals surface area contributed by atoms with Crippen molar-refractivity contribution in [2.75, 3.05) is 30.4 Å². The van der Waals surface area contributed by atoms with Gasteiger partial charge in [0.15, 0.2) is 0 Å². The molecule has 9 nitrogen and oxygen atoms in total. The van der Waals surface area contributed by atoms with Crippen molar-refractivity contribution < 1.29 is 13.9 Å². The molecule has 32 heavy (non-hydrogen) atoms. The highest BCUT2D eigenvalue weighted by Gasteiger charge is 2.47. The summed E-state index contributed by atoms with van der Waals surface area (Å²) in [5, 5.41) is 16.1. The maximum absolute atomic E-state index is 13.5. The number of piperidine rings is 2. The van der Waals surface area contributed by atoms with Gasteiger partial charge in [-0.15, -0.1) is 10.2 Å². The predicted molar refractivity (Wildman–Crippen MR) is 117 cm³/mol. The summed E-state index contributed by atoms with van der Waals surface area (Å²) in [7, 11) is 1.59. The lowest BCUT2D eigenvalue weighted by atomic mass is 9.66. The average molecular weight is 439 g/mol. The van der Waals surface area contributed by atoms with Gasteiger partial charge in [0.1, 0.15) is 11.6 Å². The van der Waals surface area contributed by atoms with Crippen LogP contribution in [0, 0.1) is 17.7 Å². The van der Waals surface area contributed by atoms with Crippen LogP contribution in [0.1, 0.15) is 26.3 Å². The molecular weight excluding hydrogens is 413 g/mol. The highest BCUT2D eigenvalue weighted by atomic mass is 19.1. The van der Waals surface area contributed by atoms with Gasteiger partial charge in [-0.3, -0.25) is 0 Å². The van der Waals surface area contributed by atoms with Crippen molar-refractivity contribution in [2.24, 2.45) is 11.8 Å². The van der Waals surface area contributed by atoms with Crippen molar-refractivity contribution in [1.29, 1.82) is 0 Å². The second-order valence-electron chi connectivity index (χ2n) is 8.60. The normalized spacial score (nSPS) is 21.9. The Balaban J connectivity index is 1.28. The van der Waals surface area contributed by atoms with Crippen LogP contribution in [0.2, 0.25) is 0 Å². The smallest absolute Gasteiger partial charge is 0.322 e. The lowest BCUT2D eigenvalue weighted by Crippen LogP contribution is -2.61. The van der Waals surface area contributed by atoms with E-state index in [-0.39, 0.29) is 11.9 Å². The second-order valence-corrected chi connectivity index (χ2v) is 8.60. The quantitative estimate of drug-likeness (QED) is 0.598. The highest BCUT2D eigenvalue weighted by molar-refractivity contribution is 5.48. The van der Waals surface area contributed by atoms with Crippen LogP contribution in [0.4, 0.5) is 16.0 Å². The number of halogens is 1. The summed E-state index contributed by atoms with van der Waals surface area (Å²) in [6.45, 7) is 5.84. The van der Waals surface area contributed by atoms with Gasteiger partial charge in [0.25, 0.3) is 0 Å². The van der Waals surface area contributed by atoms with Gasteiger partial charge >= 0.3 is 6.01 Å². The standard InChI is InChI=1S/C22H26FN7O2/c1-13(2)30-22(32-18-6-4-5-16(23)8-18)26-21(28-30)25-20-14-7-15(20)12-29(11-14)17-9-19(31-3)27-24-10-17/h4-6,8-10,13-15,20H,7,11-12H2,1-3H3,(H,25,28)/t14-,15?,20?/m0/s1. The Morgan fingerprint density at radius 3 is 2.72 bits per heavy atom. The van der Waals surface area contributed by atoms with E-state index in [0.717, 1.165) is 18.8 Å². The van der Waals surface area contributed by atoms with Crippen LogP contribution in [-0.2, 0) is 0 Å². The lowest BCUT2D eigenvalue weighted by molar-refractivity contribution is 0.130. The van der Waals surface area contributed by atoms with Gasteiger partial charge in [-0.1, -0.05) is 6.07 Å². The average Bonchev–Trinajstić information content (AvgIpc) is 3.20. The van der Waals surface area contributed by atoms with Gasteiger partial charge in [-0.05, 0) is 44.2 Å². The second kappa shape index (κ2) is 8.25. The van der Waals surface area contributed by atoms with E-state index >= 15 is 0 Å². The molecule has 3 atom stereocenters. The third kappa shape index (κ3) is 3.92. The Kier molecular flexibility index (Phi) is 5.28. The van der Waals surface area contributed by atoms with Crippen LogP contribution in [0.3, 0.4) is 0 Å². The van der Waals surface area contributed by atoms with E-state index < -0.39 is 0 Å². The fraction of sp³-hybridized carbons (Fsp3) is 0.455. The van der Waals surface area contributed by atoms with Gasteiger partial charge in [0, 0.05) is 31.3 Å². The Labute approximate surface area is 185 Å². The maximum Gasteiger partial charge on any atom is 0.322 e. The van der Waals surface area contributed by atoms with Crippen molar-refractivity contribution in [3.05, 3.63) is 42.3 Å². The van der Waals surface area contributed by atoms with Gasteiger partial charge < -0.3 is 19.7 Å². The summed E-state index contributed by atoms with van der Waals surface area (Å²) < 4.78 is 26.3. The number of rotatable bonds is 7. The van der Waals surface area contributed by atoms with Crippen LogP contribution in [0.25, 0.3) is 0 Å². The van der Waals surface area contributed by atoms with Crippen LogP contribution >= 0.6 is 0 Å². The van der Waals surface area contributed by atoms with Crippen molar-refractivity contribution in [3.63, 3.8) is 0 Å². The summed E-state index contributed by atoms with van der Waals surface area (Å²) >= 11 is 0. The van der Waals surface area contributed by atoms with Gasteiger partial charge in [-0.25, -0.2) is 9.07 Å². The molecule has 2 aromatic heterocycles. The molecule has 1 N–H and O–H groups in total. The van der Waals surface area contributed by atoms with Crippen molar-refractivity contribution in [2.45, 2.75) is 32.4 Å². The zero-order valence-electron chi connectivity index (χ0n) is 18.3. The fourth-order valence-electron chi connectivity index (χ4n) is 4.51. The number of aromatic nitrogens is 5. The third-order valence-corrected chi connectivity index (χ3v) is 6.11. The largest absolute Gasteiger partial charge is 0.480 e. The molecule has 4 heterocycles. The van der Waals surface area contributed by atoms with Gasteiger partial charge in [0.05, 0.1) is 25.0 Å². The van der Waals surface area contributed by atoms with Crippen molar-refractivity contribution in [1.82, 2.24) is 25.0 Å². The number of hydrogen-bond acceptors (Lipinski definition) is 8. The molecule has 3 fully saturated rings. The van der Waals surface area contributed by atoms with E-state index in [9.17, 15) is 4.39 Å². The minimum absolute atomic E-state index is 0.0483. The van der Waals surface area contributed by atoms with Crippen molar-refractivity contribution >= 4 is 11.6 Å². The van der Waals surface area contributed by atoms with E-state index in [1.807, 2.05) is 19.9 Å². The Bertz CT molecular complexity index is 1090. The number of methoxy groups -OCH3 is 1. The summed E-state index contributed by atoms with van der Waals surface area (Å²) in [5.41, 5.74) is 1.03. The molecule has 2 saturated heterocycles. The van der Waals surface area contributed by atoms with Crippen LogP contribution in [-0.4, -0.2) is 51.2 Å². The molecule has 1 aliphatic carbocycles. The zero-order valence-corrected chi connectivity index (χ0v) is 18.3. The number of benzene rings is 1. The third-order valence-electron chi connectivity index (χ3n) is 6.11. The molecule has 3 aliphatic rings.